The number of benzene rings is 4. The molecule has 4 heterocycles. The van der Waals surface area contributed by atoms with Crippen molar-refractivity contribution in [2.45, 2.75) is 51.6 Å². The van der Waals surface area contributed by atoms with Gasteiger partial charge in [-0.25, -0.2) is 16.8 Å². The van der Waals surface area contributed by atoms with Gasteiger partial charge in [0.1, 0.15) is 0 Å². The number of aryl methyl sites for hydroxylation is 1. The molecule has 22 heteroatoms. The zero-order valence-corrected chi connectivity index (χ0v) is 36.9. The second-order valence-electron chi connectivity index (χ2n) is 14.9. The van der Waals surface area contributed by atoms with E-state index in [1.54, 1.807) is 110 Å². The molecule has 346 valence electrons. The number of likely N-dealkylation sites (tertiary alicyclic amines) is 1. The van der Waals surface area contributed by atoms with Gasteiger partial charge in [0.2, 0.25) is 27.7 Å². The van der Waals surface area contributed by atoms with Crippen LogP contribution in [-0.2, 0) is 33.1 Å². The van der Waals surface area contributed by atoms with Crippen molar-refractivity contribution < 1.29 is 47.8 Å². The minimum Gasteiger partial charge on any atom is -0.415 e. The molecule has 0 atom stereocenters. The lowest BCUT2D eigenvalue weighted by atomic mass is 9.97. The molecule has 8 rings (SSSR count). The van der Waals surface area contributed by atoms with Crippen LogP contribution in [0.5, 0.6) is 0 Å². The summed E-state index contributed by atoms with van der Waals surface area (Å²) in [6.07, 6.45) is -4.03. The third-order valence-electron chi connectivity index (χ3n) is 10.4. The van der Waals surface area contributed by atoms with E-state index in [0.717, 1.165) is 36.9 Å². The van der Waals surface area contributed by atoms with E-state index in [4.69, 9.17) is 13.4 Å². The van der Waals surface area contributed by atoms with Gasteiger partial charge in [-0.2, -0.15) is 22.5 Å². The number of piperidine rings is 1. The summed E-state index contributed by atoms with van der Waals surface area (Å²) in [6.45, 7) is 7.25. The maximum absolute atomic E-state index is 13.6. The van der Waals surface area contributed by atoms with Crippen LogP contribution >= 0.6 is 0 Å². The fourth-order valence-electron chi connectivity index (χ4n) is 6.91. The molecular formula is C44H43F4N9O7S2. The number of sulfonamides is 2. The molecule has 0 amide bonds. The van der Waals surface area contributed by atoms with E-state index in [-0.39, 0.29) is 36.5 Å². The third-order valence-corrected chi connectivity index (χ3v) is 13.5. The molecule has 66 heavy (non-hydrogen) atoms. The summed E-state index contributed by atoms with van der Waals surface area (Å²) in [5.74, 6) is -0.136. The van der Waals surface area contributed by atoms with Gasteiger partial charge in [0.05, 0.1) is 30.2 Å². The number of hydrogen-bond donors (Lipinski definition) is 0. The molecule has 0 bridgehead atoms. The van der Waals surface area contributed by atoms with Crippen LogP contribution in [0.1, 0.15) is 66.2 Å². The molecular weight excluding hydrogens is 907 g/mol. The van der Waals surface area contributed by atoms with Crippen molar-refractivity contribution in [2.24, 2.45) is 0 Å². The van der Waals surface area contributed by atoms with Gasteiger partial charge in [-0.1, -0.05) is 72.4 Å². The van der Waals surface area contributed by atoms with Gasteiger partial charge in [0.25, 0.3) is 21.8 Å². The lowest BCUT2D eigenvalue weighted by molar-refractivity contribution is 0.115. The quantitative estimate of drug-likeness (QED) is 0.0786. The molecule has 0 aliphatic carbocycles. The van der Waals surface area contributed by atoms with Crippen LogP contribution in [0.2, 0.25) is 0 Å². The molecule has 0 radical (unpaired) electrons. The first kappa shape index (κ1) is 47.2. The second-order valence-corrected chi connectivity index (χ2v) is 18.7. The lowest BCUT2D eigenvalue weighted by Gasteiger charge is -2.31. The average molecular weight is 950 g/mol. The Morgan fingerprint density at radius 3 is 1.59 bits per heavy atom. The lowest BCUT2D eigenvalue weighted by Crippen LogP contribution is -2.40. The Hall–Kier alpha value is -6.78. The summed E-state index contributed by atoms with van der Waals surface area (Å²) < 4.78 is 120. The Morgan fingerprint density at radius 2 is 1.17 bits per heavy atom. The van der Waals surface area contributed by atoms with Gasteiger partial charge in [0, 0.05) is 29.0 Å². The number of hydrogen-bond acceptors (Lipinski definition) is 14. The highest BCUT2D eigenvalue weighted by molar-refractivity contribution is 7.95. The Labute approximate surface area is 377 Å². The summed E-state index contributed by atoms with van der Waals surface area (Å²) in [4.78, 5) is 6.48. The van der Waals surface area contributed by atoms with Gasteiger partial charge in [0.15, 0.2) is 5.82 Å². The fourth-order valence-corrected chi connectivity index (χ4v) is 9.33. The number of rotatable bonds is 17. The van der Waals surface area contributed by atoms with Crippen molar-refractivity contribution in [3.63, 3.8) is 0 Å². The molecule has 7 aromatic rings. The van der Waals surface area contributed by atoms with Crippen LogP contribution in [0.25, 0.3) is 22.9 Å². The summed E-state index contributed by atoms with van der Waals surface area (Å²) in [7, 11) is -7.38. The van der Waals surface area contributed by atoms with Gasteiger partial charge >= 0.3 is 12.9 Å². The van der Waals surface area contributed by atoms with E-state index >= 15 is 0 Å². The number of nitrogens with zero attached hydrogens (tertiary/aromatic N) is 9. The fraction of sp³-hybridized carbons (Fsp3) is 0.273. The van der Waals surface area contributed by atoms with Crippen molar-refractivity contribution in [3.8, 4) is 22.9 Å². The summed E-state index contributed by atoms with van der Waals surface area (Å²) in [5.41, 5.74) is 3.38. The van der Waals surface area contributed by atoms with Crippen LogP contribution in [-0.4, -0.2) is 77.7 Å². The second kappa shape index (κ2) is 21.0. The average Bonchev–Trinajstić information content (AvgIpc) is 4.13. The van der Waals surface area contributed by atoms with E-state index in [2.05, 4.69) is 42.0 Å². The van der Waals surface area contributed by atoms with Crippen LogP contribution in [0, 0.1) is 6.92 Å². The number of halogens is 4. The summed E-state index contributed by atoms with van der Waals surface area (Å²) in [5, 5.41) is 18.6. The molecule has 1 fully saturated rings. The van der Waals surface area contributed by atoms with Gasteiger partial charge in [-0.3, -0.25) is 8.61 Å². The Morgan fingerprint density at radius 1 is 0.697 bits per heavy atom. The monoisotopic (exact) mass is 949 g/mol. The van der Waals surface area contributed by atoms with Gasteiger partial charge in [-0.15, -0.1) is 20.4 Å². The molecule has 0 unspecified atom stereocenters. The SMILES string of the molecule is C=CS(=O)(=O)N(Cc1ccc(-c2nnc(C(F)F)o2)cc1)c1ccccc1.Cc1noc(C2CCN(CCS(=O)(=O)N(Cc3ccc(-c4nnc(C(F)F)o4)cc3)c3ccccc3)CC2)n1. The van der Waals surface area contributed by atoms with Gasteiger partial charge < -0.3 is 18.3 Å². The topological polar surface area (TPSA) is 195 Å². The first-order valence-corrected chi connectivity index (χ1v) is 23.5. The van der Waals surface area contributed by atoms with E-state index in [0.29, 0.717) is 46.3 Å². The number of anilines is 2. The van der Waals surface area contributed by atoms with Crippen molar-refractivity contribution in [1.82, 2.24) is 35.4 Å². The van der Waals surface area contributed by atoms with E-state index < -0.39 is 44.7 Å². The predicted molar refractivity (Wildman–Crippen MR) is 235 cm³/mol. The van der Waals surface area contributed by atoms with E-state index in [9.17, 15) is 34.4 Å². The predicted octanol–water partition coefficient (Wildman–Crippen LogP) is 8.74. The highest BCUT2D eigenvalue weighted by Gasteiger charge is 2.29. The molecule has 0 spiro atoms. The van der Waals surface area contributed by atoms with Crippen molar-refractivity contribution >= 4 is 31.4 Å². The minimum absolute atomic E-state index is 0.0256. The molecule has 1 aliphatic heterocycles. The minimum atomic E-state index is -3.71. The Balaban J connectivity index is 0.000000210. The normalized spacial score (nSPS) is 13.7. The third kappa shape index (κ3) is 11.9. The van der Waals surface area contributed by atoms with Crippen LogP contribution in [0.15, 0.2) is 135 Å². The maximum atomic E-state index is 13.6. The first-order chi connectivity index (χ1) is 31.7. The van der Waals surface area contributed by atoms with Crippen molar-refractivity contribution in [2.75, 3.05) is 34.0 Å². The molecule has 4 aromatic carbocycles. The van der Waals surface area contributed by atoms with Crippen LogP contribution in [0.3, 0.4) is 0 Å². The zero-order valence-electron chi connectivity index (χ0n) is 35.3. The molecule has 0 N–H and O–H groups in total. The largest absolute Gasteiger partial charge is 0.415 e. The number of para-hydroxylation sites is 2. The molecule has 1 saturated heterocycles. The van der Waals surface area contributed by atoms with Crippen LogP contribution < -0.4 is 8.61 Å². The summed E-state index contributed by atoms with van der Waals surface area (Å²) >= 11 is 0. The van der Waals surface area contributed by atoms with Crippen molar-refractivity contribution in [1.29, 1.82) is 0 Å². The number of aromatic nitrogens is 6. The Kier molecular flexibility index (Phi) is 15.0. The molecule has 3 aromatic heterocycles. The van der Waals surface area contributed by atoms with Crippen LogP contribution in [0.4, 0.5) is 28.9 Å². The first-order valence-electron chi connectivity index (χ1n) is 20.4. The summed E-state index contributed by atoms with van der Waals surface area (Å²) in [6, 6.07) is 30.8. The van der Waals surface area contributed by atoms with E-state index in [1.165, 1.54) is 8.61 Å². The number of alkyl halides is 4. The highest BCUT2D eigenvalue weighted by Crippen LogP contribution is 2.30. The molecule has 1 aliphatic rings. The molecule has 16 nitrogen and oxygen atoms in total. The van der Waals surface area contributed by atoms with E-state index in [1.807, 2.05) is 6.07 Å². The maximum Gasteiger partial charge on any atom is 0.314 e. The molecule has 0 saturated carbocycles. The standard InChI is InChI=1S/C26H28F2N6O4S.C18H15F2N3O3S/c1-18-29-24(38-32-18)21-11-13-33(14-12-21)15-16-39(35,36)34(22-5-3-2-4-6-22)17-19-7-9-20(10-8-19)25-30-31-26(37-25)23(27)28;1-2-27(24,25)23(15-6-4-3-5-7-15)12-13-8-10-14(11-9-13)17-21-22-18(26-17)16(19)20/h2-10,21,23H,11-17H2,1H3;2-11,16H,1,12H2. The highest BCUT2D eigenvalue weighted by atomic mass is 32.2. The zero-order chi connectivity index (χ0) is 46.8. The van der Waals surface area contributed by atoms with Gasteiger partial charge in [-0.05, 0) is 92.5 Å². The Bertz CT molecular complexity index is 2880. The smallest absolute Gasteiger partial charge is 0.314 e. The van der Waals surface area contributed by atoms with Crippen molar-refractivity contribution in [3.05, 3.63) is 156 Å².